The maximum atomic E-state index is 12.5. The van der Waals surface area contributed by atoms with Crippen molar-refractivity contribution in [2.75, 3.05) is 32.7 Å². The molecule has 43 heavy (non-hydrogen) atoms. The fourth-order valence-electron chi connectivity index (χ4n) is 5.38. The summed E-state index contributed by atoms with van der Waals surface area (Å²) >= 11 is 0. The molecule has 12 nitrogen and oxygen atoms in total. The summed E-state index contributed by atoms with van der Waals surface area (Å²) in [5.74, 6) is -2.49. The standard InChI is InChI=1S/C21H33N5O6.C10H11N/c1-20(2,3)32-18(30)15(5-4-14(27)10-22)25-17(29)12-23-16(28)11-24-19(31)21-6-8-26(13-21)9-7-21;1-8-7-11(2)10-6-4-3-5-9(8)10/h10,15,22H,4-9,11-13H2,1-3H3,(H,23,28)(H,24,31)(H,25,29);3-7H,1-2H3. The first-order valence-electron chi connectivity index (χ1n) is 14.6. The summed E-state index contributed by atoms with van der Waals surface area (Å²) in [5.41, 5.74) is 1.47. The molecule has 1 aromatic carbocycles. The van der Waals surface area contributed by atoms with E-state index in [1.165, 1.54) is 16.5 Å². The van der Waals surface area contributed by atoms with E-state index in [2.05, 4.69) is 69.9 Å². The number of benzene rings is 1. The number of nitrogens with zero attached hydrogens (tertiary/aromatic N) is 2. The molecule has 0 spiro atoms. The molecule has 2 aliphatic heterocycles. The summed E-state index contributed by atoms with van der Waals surface area (Å²) in [7, 11) is 2.08. The Morgan fingerprint density at radius 2 is 1.70 bits per heavy atom. The summed E-state index contributed by atoms with van der Waals surface area (Å²) in [4.78, 5) is 62.7. The van der Waals surface area contributed by atoms with Gasteiger partial charge in [0.25, 0.3) is 0 Å². The van der Waals surface area contributed by atoms with Crippen molar-refractivity contribution in [2.45, 2.75) is 65.0 Å². The number of esters is 1. The van der Waals surface area contributed by atoms with E-state index >= 15 is 0 Å². The lowest BCUT2D eigenvalue weighted by Crippen LogP contribution is -2.49. The van der Waals surface area contributed by atoms with E-state index in [1.54, 1.807) is 20.8 Å². The highest BCUT2D eigenvalue weighted by Gasteiger charge is 2.49. The van der Waals surface area contributed by atoms with Crippen molar-refractivity contribution in [3.05, 3.63) is 36.0 Å². The molecule has 234 valence electrons. The number of amides is 3. The molecule has 3 heterocycles. The summed E-state index contributed by atoms with van der Waals surface area (Å²) in [6, 6.07) is 7.36. The third kappa shape index (κ3) is 9.47. The van der Waals surface area contributed by atoms with Crippen molar-refractivity contribution in [3.8, 4) is 0 Å². The van der Waals surface area contributed by atoms with Gasteiger partial charge in [0.15, 0.2) is 5.78 Å². The van der Waals surface area contributed by atoms with E-state index < -0.39 is 47.2 Å². The number of para-hydroxylation sites is 1. The zero-order valence-corrected chi connectivity index (χ0v) is 25.7. The van der Waals surface area contributed by atoms with Gasteiger partial charge in [-0.05, 0) is 71.7 Å². The molecule has 2 aliphatic rings. The Hall–Kier alpha value is -4.06. The molecule has 1 aromatic heterocycles. The number of nitrogens with one attached hydrogen (secondary N) is 4. The molecule has 0 radical (unpaired) electrons. The molecule has 1 atom stereocenters. The molecule has 3 amide bonds. The minimum absolute atomic E-state index is 0.0298. The first-order valence-corrected chi connectivity index (χ1v) is 14.6. The van der Waals surface area contributed by atoms with Gasteiger partial charge in [0.1, 0.15) is 11.6 Å². The molecule has 2 aromatic rings. The Kier molecular flexibility index (Phi) is 11.2. The van der Waals surface area contributed by atoms with Crippen LogP contribution in [0.2, 0.25) is 0 Å². The second kappa shape index (κ2) is 14.4. The quantitative estimate of drug-likeness (QED) is 0.226. The Morgan fingerprint density at radius 1 is 1.05 bits per heavy atom. The molecule has 2 saturated heterocycles. The first-order chi connectivity index (χ1) is 20.2. The number of hydrogen-bond donors (Lipinski definition) is 4. The van der Waals surface area contributed by atoms with Crippen LogP contribution in [0.15, 0.2) is 30.5 Å². The van der Waals surface area contributed by atoms with Crippen molar-refractivity contribution in [1.29, 1.82) is 5.41 Å². The van der Waals surface area contributed by atoms with Crippen LogP contribution in [0.3, 0.4) is 0 Å². The van der Waals surface area contributed by atoms with Gasteiger partial charge in [-0.3, -0.25) is 19.2 Å². The van der Waals surface area contributed by atoms with E-state index in [1.807, 2.05) is 0 Å². The van der Waals surface area contributed by atoms with Crippen LogP contribution in [-0.4, -0.2) is 89.5 Å². The Bertz CT molecular complexity index is 1320. The van der Waals surface area contributed by atoms with Crippen molar-refractivity contribution in [1.82, 2.24) is 25.4 Å². The van der Waals surface area contributed by atoms with Gasteiger partial charge in [0.05, 0.1) is 24.7 Å². The van der Waals surface area contributed by atoms with Crippen LogP contribution in [-0.2, 0) is 35.8 Å². The zero-order chi connectivity index (χ0) is 31.8. The maximum absolute atomic E-state index is 12.5. The number of carbonyl (C=O) groups excluding carboxylic acids is 5. The van der Waals surface area contributed by atoms with Crippen molar-refractivity contribution < 1.29 is 28.7 Å². The Labute approximate surface area is 252 Å². The van der Waals surface area contributed by atoms with Crippen molar-refractivity contribution in [2.24, 2.45) is 12.5 Å². The Morgan fingerprint density at radius 3 is 2.28 bits per heavy atom. The van der Waals surface area contributed by atoms with E-state index in [0.29, 0.717) is 6.21 Å². The van der Waals surface area contributed by atoms with Gasteiger partial charge >= 0.3 is 5.97 Å². The minimum Gasteiger partial charge on any atom is -0.458 e. The Balaban J connectivity index is 0.000000380. The lowest BCUT2D eigenvalue weighted by Gasteiger charge is -2.24. The second-order valence-corrected chi connectivity index (χ2v) is 12.3. The second-order valence-electron chi connectivity index (χ2n) is 12.3. The van der Waals surface area contributed by atoms with Crippen LogP contribution in [0.4, 0.5) is 0 Å². The van der Waals surface area contributed by atoms with Gasteiger partial charge < -0.3 is 35.6 Å². The highest BCUT2D eigenvalue weighted by molar-refractivity contribution is 6.26. The number of rotatable bonds is 11. The van der Waals surface area contributed by atoms with Crippen LogP contribution >= 0.6 is 0 Å². The number of aromatic nitrogens is 1. The maximum Gasteiger partial charge on any atom is 0.329 e. The summed E-state index contributed by atoms with van der Waals surface area (Å²) in [6.07, 6.45) is 4.25. The predicted molar refractivity (Wildman–Crippen MR) is 163 cm³/mol. The van der Waals surface area contributed by atoms with Crippen LogP contribution in [0.1, 0.15) is 52.0 Å². The number of aryl methyl sites for hydroxylation is 2. The molecule has 2 bridgehead atoms. The number of hydrogen-bond acceptors (Lipinski definition) is 8. The fraction of sp³-hybridized carbons (Fsp3) is 0.548. The molecule has 0 aliphatic carbocycles. The van der Waals surface area contributed by atoms with Crippen LogP contribution < -0.4 is 16.0 Å². The fourth-order valence-corrected chi connectivity index (χ4v) is 5.38. The minimum atomic E-state index is -1.09. The van der Waals surface area contributed by atoms with E-state index in [-0.39, 0.29) is 25.3 Å². The smallest absolute Gasteiger partial charge is 0.329 e. The van der Waals surface area contributed by atoms with Crippen molar-refractivity contribution in [3.63, 3.8) is 0 Å². The third-order valence-electron chi connectivity index (χ3n) is 7.64. The average Bonchev–Trinajstić information content (AvgIpc) is 3.66. The molecule has 0 saturated carbocycles. The third-order valence-corrected chi connectivity index (χ3v) is 7.64. The summed E-state index contributed by atoms with van der Waals surface area (Å²) < 4.78 is 7.43. The van der Waals surface area contributed by atoms with E-state index in [0.717, 1.165) is 32.5 Å². The number of fused-ring (bicyclic) bond motifs is 3. The number of piperidine rings is 1. The largest absolute Gasteiger partial charge is 0.458 e. The molecular weight excluding hydrogens is 552 g/mol. The SMILES string of the molecule is CC(C)(C)OC(=O)C(CCC(=O)C=N)NC(=O)CNC(=O)CNC(=O)C12CCN(CC1)C2.Cc1cn(C)c2ccccc12. The average molecular weight is 597 g/mol. The lowest BCUT2D eigenvalue weighted by molar-refractivity contribution is -0.158. The first kappa shape index (κ1) is 33.4. The van der Waals surface area contributed by atoms with Gasteiger partial charge in [-0.25, -0.2) is 4.79 Å². The lowest BCUT2D eigenvalue weighted by atomic mass is 9.84. The van der Waals surface area contributed by atoms with Gasteiger partial charge in [-0.2, -0.15) is 0 Å². The van der Waals surface area contributed by atoms with Gasteiger partial charge in [0, 0.05) is 37.1 Å². The molecule has 2 fully saturated rings. The van der Waals surface area contributed by atoms with Gasteiger partial charge in [-0.15, -0.1) is 0 Å². The monoisotopic (exact) mass is 596 g/mol. The van der Waals surface area contributed by atoms with E-state index in [4.69, 9.17) is 10.1 Å². The van der Waals surface area contributed by atoms with E-state index in [9.17, 15) is 24.0 Å². The normalized spacial score (nSPS) is 19.5. The van der Waals surface area contributed by atoms with Crippen molar-refractivity contribution >= 4 is 46.6 Å². The molecule has 4 N–H and O–H groups in total. The number of ketones is 1. The van der Waals surface area contributed by atoms with Gasteiger partial charge in [0.2, 0.25) is 17.7 Å². The zero-order valence-electron chi connectivity index (χ0n) is 25.7. The van der Waals surface area contributed by atoms with Crippen LogP contribution in [0.25, 0.3) is 10.9 Å². The molecule has 12 heteroatoms. The molecule has 1 unspecified atom stereocenters. The number of carbonyl (C=O) groups is 5. The highest BCUT2D eigenvalue weighted by atomic mass is 16.6. The highest BCUT2D eigenvalue weighted by Crippen LogP contribution is 2.40. The number of ether oxygens (including phenoxy) is 1. The van der Waals surface area contributed by atoms with Crippen LogP contribution in [0, 0.1) is 17.7 Å². The molecular formula is C31H44N6O6. The topological polar surface area (TPSA) is 163 Å². The number of Topliss-reactive ketones (excluding diaryl/α,β-unsaturated/α-hetero) is 1. The van der Waals surface area contributed by atoms with Gasteiger partial charge in [-0.1, -0.05) is 18.2 Å². The molecule has 4 rings (SSSR count). The summed E-state index contributed by atoms with van der Waals surface area (Å²) in [6.45, 7) is 9.04. The van der Waals surface area contributed by atoms with Crippen LogP contribution in [0.5, 0.6) is 0 Å². The predicted octanol–water partition coefficient (Wildman–Crippen LogP) is 1.63. The summed E-state index contributed by atoms with van der Waals surface area (Å²) in [5, 5.41) is 15.8.